The largest absolute Gasteiger partial charge is 0.355 e. The van der Waals surface area contributed by atoms with Crippen molar-refractivity contribution in [3.05, 3.63) is 0 Å². The van der Waals surface area contributed by atoms with Crippen LogP contribution in [-0.4, -0.2) is 25.5 Å². The van der Waals surface area contributed by atoms with Gasteiger partial charge in [0.05, 0.1) is 0 Å². The fourth-order valence-corrected chi connectivity index (χ4v) is 2.31. The van der Waals surface area contributed by atoms with E-state index < -0.39 is 0 Å². The van der Waals surface area contributed by atoms with E-state index in [9.17, 15) is 4.79 Å². The van der Waals surface area contributed by atoms with Crippen molar-refractivity contribution >= 4 is 18.3 Å². The van der Waals surface area contributed by atoms with Crippen molar-refractivity contribution in [2.45, 2.75) is 39.5 Å². The molecule has 1 rings (SSSR count). The Labute approximate surface area is 105 Å². The Morgan fingerprint density at radius 3 is 2.62 bits per heavy atom. The fourth-order valence-electron chi connectivity index (χ4n) is 2.31. The minimum Gasteiger partial charge on any atom is -0.355 e. The van der Waals surface area contributed by atoms with Gasteiger partial charge in [0.2, 0.25) is 5.91 Å². The van der Waals surface area contributed by atoms with Gasteiger partial charge in [-0.2, -0.15) is 0 Å². The number of rotatable bonds is 6. The van der Waals surface area contributed by atoms with Crippen molar-refractivity contribution in [2.24, 2.45) is 11.8 Å². The van der Waals surface area contributed by atoms with Crippen LogP contribution in [0.4, 0.5) is 0 Å². The molecule has 1 saturated carbocycles. The zero-order valence-corrected chi connectivity index (χ0v) is 11.2. The van der Waals surface area contributed by atoms with Crippen molar-refractivity contribution in [3.8, 4) is 0 Å². The second-order valence-electron chi connectivity index (χ2n) is 4.69. The SMILES string of the molecule is CCNCCNC(=O)CC1CCC(C)C1.Cl. The Bertz CT molecular complexity index is 199. The number of nitrogens with one attached hydrogen (secondary N) is 2. The molecule has 0 heterocycles. The van der Waals surface area contributed by atoms with E-state index in [1.165, 1.54) is 19.3 Å². The van der Waals surface area contributed by atoms with Crippen molar-refractivity contribution in [1.29, 1.82) is 0 Å². The molecule has 0 radical (unpaired) electrons. The lowest BCUT2D eigenvalue weighted by Crippen LogP contribution is -2.32. The van der Waals surface area contributed by atoms with Gasteiger partial charge in [-0.1, -0.05) is 20.3 Å². The van der Waals surface area contributed by atoms with Gasteiger partial charge in [-0.15, -0.1) is 12.4 Å². The lowest BCUT2D eigenvalue weighted by molar-refractivity contribution is -0.121. The van der Waals surface area contributed by atoms with Gasteiger partial charge in [0.1, 0.15) is 0 Å². The summed E-state index contributed by atoms with van der Waals surface area (Å²) in [7, 11) is 0. The number of amides is 1. The first-order valence-electron chi connectivity index (χ1n) is 6.19. The van der Waals surface area contributed by atoms with Crippen LogP contribution in [0.15, 0.2) is 0 Å². The van der Waals surface area contributed by atoms with E-state index in [2.05, 4.69) is 24.5 Å². The molecular formula is C12H25ClN2O. The predicted molar refractivity (Wildman–Crippen MR) is 69.9 cm³/mol. The molecule has 1 fully saturated rings. The first-order chi connectivity index (χ1) is 7.22. The molecule has 16 heavy (non-hydrogen) atoms. The summed E-state index contributed by atoms with van der Waals surface area (Å²) in [5.41, 5.74) is 0. The summed E-state index contributed by atoms with van der Waals surface area (Å²) in [5, 5.41) is 6.15. The summed E-state index contributed by atoms with van der Waals surface area (Å²) >= 11 is 0. The highest BCUT2D eigenvalue weighted by atomic mass is 35.5. The van der Waals surface area contributed by atoms with Gasteiger partial charge >= 0.3 is 0 Å². The van der Waals surface area contributed by atoms with E-state index in [0.717, 1.165) is 32.0 Å². The minimum absolute atomic E-state index is 0. The number of halogens is 1. The van der Waals surface area contributed by atoms with Crippen LogP contribution in [0.1, 0.15) is 39.5 Å². The Morgan fingerprint density at radius 2 is 2.06 bits per heavy atom. The molecule has 2 atom stereocenters. The number of carbonyl (C=O) groups is 1. The first-order valence-corrected chi connectivity index (χ1v) is 6.19. The minimum atomic E-state index is 0. The molecule has 96 valence electrons. The van der Waals surface area contributed by atoms with Crippen LogP contribution in [-0.2, 0) is 4.79 Å². The average molecular weight is 249 g/mol. The van der Waals surface area contributed by atoms with E-state index in [-0.39, 0.29) is 18.3 Å². The zero-order valence-electron chi connectivity index (χ0n) is 10.4. The van der Waals surface area contributed by atoms with Crippen LogP contribution in [0.5, 0.6) is 0 Å². The quantitative estimate of drug-likeness (QED) is 0.706. The van der Waals surface area contributed by atoms with E-state index in [4.69, 9.17) is 0 Å². The standard InChI is InChI=1S/C12H24N2O.ClH/c1-3-13-6-7-14-12(15)9-11-5-4-10(2)8-11;/h10-11,13H,3-9H2,1-2H3,(H,14,15);1H. The highest BCUT2D eigenvalue weighted by molar-refractivity contribution is 5.85. The third-order valence-electron chi connectivity index (χ3n) is 3.15. The Kier molecular flexibility index (Phi) is 8.67. The number of likely N-dealkylation sites (N-methyl/N-ethyl adjacent to an activating group) is 1. The zero-order chi connectivity index (χ0) is 11.1. The molecule has 1 aliphatic carbocycles. The van der Waals surface area contributed by atoms with E-state index in [1.807, 2.05) is 0 Å². The second kappa shape index (κ2) is 8.82. The molecule has 2 unspecified atom stereocenters. The van der Waals surface area contributed by atoms with Crippen LogP contribution in [0.3, 0.4) is 0 Å². The summed E-state index contributed by atoms with van der Waals surface area (Å²) < 4.78 is 0. The summed E-state index contributed by atoms with van der Waals surface area (Å²) in [6.45, 7) is 6.96. The third kappa shape index (κ3) is 6.33. The van der Waals surface area contributed by atoms with Crippen molar-refractivity contribution in [3.63, 3.8) is 0 Å². The Hall–Kier alpha value is -0.280. The number of hydrogen-bond acceptors (Lipinski definition) is 2. The van der Waals surface area contributed by atoms with Gasteiger partial charge in [-0.05, 0) is 31.2 Å². The van der Waals surface area contributed by atoms with Gasteiger partial charge < -0.3 is 10.6 Å². The van der Waals surface area contributed by atoms with Crippen molar-refractivity contribution < 1.29 is 4.79 Å². The van der Waals surface area contributed by atoms with E-state index in [1.54, 1.807) is 0 Å². The Balaban J connectivity index is 0.00000225. The molecule has 1 aliphatic rings. The predicted octanol–water partition coefficient (Wildman–Crippen LogP) is 1.96. The lowest BCUT2D eigenvalue weighted by atomic mass is 10.0. The molecule has 0 bridgehead atoms. The summed E-state index contributed by atoms with van der Waals surface area (Å²) in [5.74, 6) is 1.69. The first kappa shape index (κ1) is 15.7. The lowest BCUT2D eigenvalue weighted by Gasteiger charge is -2.10. The maximum atomic E-state index is 11.5. The second-order valence-corrected chi connectivity index (χ2v) is 4.69. The molecule has 3 nitrogen and oxygen atoms in total. The number of hydrogen-bond donors (Lipinski definition) is 2. The van der Waals surface area contributed by atoms with Crippen molar-refractivity contribution in [1.82, 2.24) is 10.6 Å². The highest BCUT2D eigenvalue weighted by Gasteiger charge is 2.23. The topological polar surface area (TPSA) is 41.1 Å². The maximum Gasteiger partial charge on any atom is 0.220 e. The average Bonchev–Trinajstić information content (AvgIpc) is 2.59. The van der Waals surface area contributed by atoms with Crippen LogP contribution in [0.25, 0.3) is 0 Å². The normalized spacial score (nSPS) is 23.9. The third-order valence-corrected chi connectivity index (χ3v) is 3.15. The van der Waals surface area contributed by atoms with Crippen molar-refractivity contribution in [2.75, 3.05) is 19.6 Å². The monoisotopic (exact) mass is 248 g/mol. The Morgan fingerprint density at radius 1 is 1.31 bits per heavy atom. The molecule has 1 amide bonds. The molecule has 0 aliphatic heterocycles. The molecule has 0 spiro atoms. The molecular weight excluding hydrogens is 224 g/mol. The van der Waals surface area contributed by atoms with Crippen LogP contribution >= 0.6 is 12.4 Å². The molecule has 4 heteroatoms. The van der Waals surface area contributed by atoms with Crippen LogP contribution in [0, 0.1) is 11.8 Å². The molecule has 0 aromatic carbocycles. The molecule has 0 saturated heterocycles. The van der Waals surface area contributed by atoms with Gasteiger partial charge in [0.15, 0.2) is 0 Å². The van der Waals surface area contributed by atoms with Gasteiger partial charge in [-0.3, -0.25) is 4.79 Å². The van der Waals surface area contributed by atoms with Gasteiger partial charge in [-0.25, -0.2) is 0 Å². The van der Waals surface area contributed by atoms with Crippen LogP contribution in [0.2, 0.25) is 0 Å². The summed E-state index contributed by atoms with van der Waals surface area (Å²) in [6, 6.07) is 0. The molecule has 2 N–H and O–H groups in total. The van der Waals surface area contributed by atoms with Crippen LogP contribution < -0.4 is 10.6 Å². The fraction of sp³-hybridized carbons (Fsp3) is 0.917. The summed E-state index contributed by atoms with van der Waals surface area (Å²) in [6.07, 6.45) is 4.51. The molecule has 0 aromatic rings. The van der Waals surface area contributed by atoms with E-state index in [0.29, 0.717) is 5.92 Å². The van der Waals surface area contributed by atoms with Gasteiger partial charge in [0.25, 0.3) is 0 Å². The summed E-state index contributed by atoms with van der Waals surface area (Å²) in [4.78, 5) is 11.5. The van der Waals surface area contributed by atoms with Gasteiger partial charge in [0, 0.05) is 19.5 Å². The number of carbonyl (C=O) groups excluding carboxylic acids is 1. The maximum absolute atomic E-state index is 11.5. The highest BCUT2D eigenvalue weighted by Crippen LogP contribution is 2.32. The molecule has 0 aromatic heterocycles. The smallest absolute Gasteiger partial charge is 0.220 e. The van der Waals surface area contributed by atoms with E-state index >= 15 is 0 Å².